The molecule has 1 saturated heterocycles. The highest BCUT2D eigenvalue weighted by molar-refractivity contribution is 7.87. The normalized spacial score (nSPS) is 15.1. The van der Waals surface area contributed by atoms with Crippen LogP contribution in [-0.4, -0.2) is 71.9 Å². The molecule has 2 aromatic carbocycles. The first-order valence-corrected chi connectivity index (χ1v) is 11.1. The lowest BCUT2D eigenvalue weighted by Crippen LogP contribution is -2.47. The number of rotatable bonds is 5. The molecule has 10 nitrogen and oxygen atoms in total. The average Bonchev–Trinajstić information content (AvgIpc) is 2.77. The molecule has 4 rings (SSSR count). The first-order chi connectivity index (χ1) is 14.8. The van der Waals surface area contributed by atoms with E-state index in [2.05, 4.69) is 20.3 Å². The van der Waals surface area contributed by atoms with E-state index < -0.39 is 10.3 Å². The summed E-state index contributed by atoms with van der Waals surface area (Å²) in [5.41, 5.74) is 3.24. The number of likely N-dealkylation sites (N-methyl/N-ethyl adjacent to an activating group) is 1. The molecule has 2 heterocycles. The molecule has 162 valence electrons. The Labute approximate surface area is 180 Å². The van der Waals surface area contributed by atoms with Crippen molar-refractivity contribution in [1.29, 1.82) is 0 Å². The number of amides is 1. The third kappa shape index (κ3) is 4.58. The maximum atomic E-state index is 13.1. The molecule has 0 bridgehead atoms. The smallest absolute Gasteiger partial charge is 0.336 e. The minimum absolute atomic E-state index is 0.0225. The van der Waals surface area contributed by atoms with E-state index in [1.807, 2.05) is 19.2 Å². The first-order valence-electron chi connectivity index (χ1n) is 9.66. The summed E-state index contributed by atoms with van der Waals surface area (Å²) >= 11 is 0. The van der Waals surface area contributed by atoms with Crippen LogP contribution < -0.4 is 9.84 Å². The van der Waals surface area contributed by atoms with Gasteiger partial charge in [0.15, 0.2) is 0 Å². The van der Waals surface area contributed by atoms with Crippen molar-refractivity contribution in [3.63, 3.8) is 0 Å². The summed E-state index contributed by atoms with van der Waals surface area (Å²) in [5, 5.41) is 0.775. The van der Waals surface area contributed by atoms with E-state index in [1.165, 1.54) is 18.3 Å². The lowest BCUT2D eigenvalue weighted by atomic mass is 10.1. The zero-order valence-electron chi connectivity index (χ0n) is 16.8. The van der Waals surface area contributed by atoms with E-state index in [9.17, 15) is 17.8 Å². The molecule has 0 saturated carbocycles. The average molecular weight is 443 g/mol. The Bertz CT molecular complexity index is 1210. The van der Waals surface area contributed by atoms with Gasteiger partial charge in [-0.3, -0.25) is 9.35 Å². The minimum Gasteiger partial charge on any atom is -0.336 e. The summed E-state index contributed by atoms with van der Waals surface area (Å²) in [4.78, 5) is 25.3. The lowest BCUT2D eigenvalue weighted by molar-refractivity contribution is 0.0665. The van der Waals surface area contributed by atoms with Crippen LogP contribution in [0.2, 0.25) is 0 Å². The number of anilines is 2. The summed E-state index contributed by atoms with van der Waals surface area (Å²) in [6.07, 6.45) is 1.54. The Morgan fingerprint density at radius 1 is 1.06 bits per heavy atom. The fourth-order valence-corrected chi connectivity index (χ4v) is 3.98. The number of aromatic nitrogens is 2. The highest BCUT2D eigenvalue weighted by atomic mass is 32.2. The van der Waals surface area contributed by atoms with Gasteiger partial charge in [-0.15, -0.1) is 0 Å². The van der Waals surface area contributed by atoms with Gasteiger partial charge in [-0.2, -0.15) is 12.8 Å². The molecule has 0 aliphatic carbocycles. The molecule has 1 aliphatic rings. The van der Waals surface area contributed by atoms with Crippen molar-refractivity contribution in [3.8, 4) is 0 Å². The number of piperazine rings is 1. The molecule has 0 atom stereocenters. The van der Waals surface area contributed by atoms with Gasteiger partial charge >= 0.3 is 10.3 Å². The molecule has 1 aromatic heterocycles. The highest BCUT2D eigenvalue weighted by Crippen LogP contribution is 2.25. The molecule has 2 N–H and O–H groups in total. The van der Waals surface area contributed by atoms with Crippen LogP contribution in [0.1, 0.15) is 10.4 Å². The van der Waals surface area contributed by atoms with Crippen molar-refractivity contribution in [2.45, 2.75) is 0 Å². The highest BCUT2D eigenvalue weighted by Gasteiger charge is 2.29. The van der Waals surface area contributed by atoms with Gasteiger partial charge < -0.3 is 9.80 Å². The molecule has 11 heteroatoms. The molecular formula is C20H22N6O4S. The first kappa shape index (κ1) is 21.0. The SMILES string of the molecule is CN1CCN(C(=O)c2ccccc2N(Nc2ncc3ccccc3n2)S(=O)(=O)O)CC1. The number of hydrazine groups is 1. The molecular weight excluding hydrogens is 420 g/mol. The molecule has 1 amide bonds. The number of carbonyl (C=O) groups is 1. The van der Waals surface area contributed by atoms with Gasteiger partial charge in [0.05, 0.1) is 16.8 Å². The van der Waals surface area contributed by atoms with Crippen LogP contribution in [0.15, 0.2) is 54.7 Å². The standard InChI is InChI=1S/C20H22N6O4S/c1-24-10-12-25(13-11-24)19(27)16-7-3-5-9-18(16)26(31(28,29)30)23-20-21-14-15-6-2-4-8-17(15)22-20/h2-9,14H,10-13H2,1H3,(H,21,22,23)(H,28,29,30). The van der Waals surface area contributed by atoms with Gasteiger partial charge in [0, 0.05) is 37.8 Å². The largest absolute Gasteiger partial charge is 0.377 e. The Morgan fingerprint density at radius 3 is 2.48 bits per heavy atom. The quantitative estimate of drug-likeness (QED) is 0.452. The van der Waals surface area contributed by atoms with E-state index in [-0.39, 0.29) is 23.1 Å². The van der Waals surface area contributed by atoms with Gasteiger partial charge in [-0.1, -0.05) is 30.3 Å². The maximum absolute atomic E-state index is 13.1. The zero-order chi connectivity index (χ0) is 22.0. The van der Waals surface area contributed by atoms with Crippen LogP contribution in [0.25, 0.3) is 10.9 Å². The van der Waals surface area contributed by atoms with E-state index in [1.54, 1.807) is 29.2 Å². The summed E-state index contributed by atoms with van der Waals surface area (Å²) in [5.74, 6) is -0.364. The van der Waals surface area contributed by atoms with Crippen LogP contribution in [0, 0.1) is 0 Å². The second kappa shape index (κ2) is 8.46. The van der Waals surface area contributed by atoms with Gasteiger partial charge in [-0.05, 0) is 25.2 Å². The molecule has 0 unspecified atom stereocenters. The number of fused-ring (bicyclic) bond motifs is 1. The van der Waals surface area contributed by atoms with Crippen LogP contribution in [0.5, 0.6) is 0 Å². The predicted molar refractivity (Wildman–Crippen MR) is 117 cm³/mol. The third-order valence-corrected chi connectivity index (χ3v) is 5.81. The molecule has 1 fully saturated rings. The number of nitrogens with zero attached hydrogens (tertiary/aromatic N) is 5. The second-order valence-electron chi connectivity index (χ2n) is 7.22. The zero-order valence-corrected chi connectivity index (χ0v) is 17.7. The Hall–Kier alpha value is -3.28. The summed E-state index contributed by atoms with van der Waals surface area (Å²) in [7, 11) is -2.83. The summed E-state index contributed by atoms with van der Waals surface area (Å²) < 4.78 is 34.9. The van der Waals surface area contributed by atoms with Crippen molar-refractivity contribution in [1.82, 2.24) is 19.8 Å². The monoisotopic (exact) mass is 442 g/mol. The fourth-order valence-electron chi connectivity index (χ4n) is 3.37. The van der Waals surface area contributed by atoms with Crippen LogP contribution in [0.3, 0.4) is 0 Å². The number of nitrogens with one attached hydrogen (secondary N) is 1. The van der Waals surface area contributed by atoms with Crippen molar-refractivity contribution in [2.75, 3.05) is 43.1 Å². The number of hydrogen-bond acceptors (Lipinski definition) is 7. The molecule has 31 heavy (non-hydrogen) atoms. The Balaban J connectivity index is 1.69. The van der Waals surface area contributed by atoms with Crippen molar-refractivity contribution < 1.29 is 17.8 Å². The van der Waals surface area contributed by atoms with Gasteiger partial charge in [0.1, 0.15) is 0 Å². The number of benzene rings is 2. The maximum Gasteiger partial charge on any atom is 0.377 e. The molecule has 0 radical (unpaired) electrons. The van der Waals surface area contributed by atoms with Crippen molar-refractivity contribution >= 4 is 38.7 Å². The third-order valence-electron chi connectivity index (χ3n) is 5.07. The van der Waals surface area contributed by atoms with Crippen LogP contribution in [-0.2, 0) is 10.3 Å². The minimum atomic E-state index is -4.80. The number of carbonyl (C=O) groups excluding carboxylic acids is 1. The molecule has 3 aromatic rings. The van der Waals surface area contributed by atoms with E-state index in [4.69, 9.17) is 0 Å². The molecule has 0 spiro atoms. The number of para-hydroxylation sites is 2. The van der Waals surface area contributed by atoms with Crippen molar-refractivity contribution in [2.24, 2.45) is 0 Å². The lowest BCUT2D eigenvalue weighted by Gasteiger charge is -2.33. The fraction of sp³-hybridized carbons (Fsp3) is 0.250. The van der Waals surface area contributed by atoms with Gasteiger partial charge in [0.25, 0.3) is 5.91 Å². The Morgan fingerprint density at radius 2 is 1.74 bits per heavy atom. The summed E-state index contributed by atoms with van der Waals surface area (Å²) in [6, 6.07) is 13.4. The Kier molecular flexibility index (Phi) is 5.72. The van der Waals surface area contributed by atoms with Gasteiger partial charge in [-0.25, -0.2) is 15.4 Å². The second-order valence-corrected chi connectivity index (χ2v) is 8.48. The molecule has 1 aliphatic heterocycles. The number of hydrogen-bond donors (Lipinski definition) is 2. The van der Waals surface area contributed by atoms with Gasteiger partial charge in [0.2, 0.25) is 5.95 Å². The van der Waals surface area contributed by atoms with Crippen LogP contribution >= 0.6 is 0 Å². The van der Waals surface area contributed by atoms with Crippen LogP contribution in [0.4, 0.5) is 11.6 Å². The summed E-state index contributed by atoms with van der Waals surface area (Å²) in [6.45, 7) is 2.49. The predicted octanol–water partition coefficient (Wildman–Crippen LogP) is 1.65. The van der Waals surface area contributed by atoms with Crippen molar-refractivity contribution in [3.05, 3.63) is 60.3 Å². The topological polar surface area (TPSA) is 119 Å². The van der Waals surface area contributed by atoms with E-state index in [0.717, 1.165) is 18.5 Å². The van der Waals surface area contributed by atoms with E-state index >= 15 is 0 Å². The van der Waals surface area contributed by atoms with E-state index in [0.29, 0.717) is 23.0 Å².